The highest BCUT2D eigenvalue weighted by atomic mass is 19.4. The molecule has 226 valence electrons. The molecule has 1 atom stereocenters. The van der Waals surface area contributed by atoms with Gasteiger partial charge in [-0.1, -0.05) is 0 Å². The van der Waals surface area contributed by atoms with E-state index < -0.39 is 46.8 Å². The molecule has 0 radical (unpaired) electrons. The summed E-state index contributed by atoms with van der Waals surface area (Å²) < 4.78 is 91.5. The van der Waals surface area contributed by atoms with Gasteiger partial charge in [0.1, 0.15) is 17.1 Å². The Morgan fingerprint density at radius 1 is 1.07 bits per heavy atom. The van der Waals surface area contributed by atoms with E-state index in [0.717, 1.165) is 12.3 Å². The van der Waals surface area contributed by atoms with Crippen LogP contribution in [0, 0.1) is 24.4 Å². The number of hydrogen-bond acceptors (Lipinski definition) is 5. The first-order valence-electron chi connectivity index (χ1n) is 13.7. The fraction of sp³-hybridized carbons (Fsp3) is 0.367. The Morgan fingerprint density at radius 2 is 1.77 bits per heavy atom. The van der Waals surface area contributed by atoms with Crippen LogP contribution in [0.3, 0.4) is 0 Å². The number of methoxy groups -OCH3 is 1. The summed E-state index contributed by atoms with van der Waals surface area (Å²) in [4.78, 5) is 21.7. The molecule has 43 heavy (non-hydrogen) atoms. The van der Waals surface area contributed by atoms with Crippen molar-refractivity contribution in [1.82, 2.24) is 24.4 Å². The lowest BCUT2D eigenvalue weighted by Gasteiger charge is -2.44. The molecule has 1 aliphatic heterocycles. The van der Waals surface area contributed by atoms with Crippen LogP contribution in [0.5, 0.6) is 5.75 Å². The van der Waals surface area contributed by atoms with Crippen molar-refractivity contribution in [3.63, 3.8) is 0 Å². The van der Waals surface area contributed by atoms with Gasteiger partial charge in [-0.2, -0.15) is 18.3 Å². The quantitative estimate of drug-likeness (QED) is 0.207. The molecule has 0 bridgehead atoms. The Hall–Kier alpha value is -4.13. The third-order valence-electron chi connectivity index (χ3n) is 8.46. The number of hydrogen-bond donors (Lipinski definition) is 0. The lowest BCUT2D eigenvalue weighted by molar-refractivity contribution is -0.143. The number of ether oxygens (including phenoxy) is 1. The monoisotopic (exact) mass is 603 g/mol. The number of fused-ring (bicyclic) bond motifs is 1. The second-order valence-corrected chi connectivity index (χ2v) is 11.0. The first-order chi connectivity index (χ1) is 20.4. The normalized spacial score (nSPS) is 18.7. The van der Waals surface area contributed by atoms with Gasteiger partial charge in [-0.15, -0.1) is 0 Å². The molecule has 1 saturated heterocycles. The van der Waals surface area contributed by atoms with E-state index in [0.29, 0.717) is 34.7 Å². The summed E-state index contributed by atoms with van der Waals surface area (Å²) in [6.07, 6.45) is -2.70. The molecule has 2 aliphatic rings. The molecule has 13 heteroatoms. The molecule has 6 rings (SSSR count). The first kappa shape index (κ1) is 29.0. The van der Waals surface area contributed by atoms with Gasteiger partial charge in [0.05, 0.1) is 19.0 Å². The number of alkyl halides is 3. The highest BCUT2D eigenvalue weighted by Crippen LogP contribution is 2.53. The van der Waals surface area contributed by atoms with Crippen LogP contribution in [0.1, 0.15) is 46.9 Å². The molecule has 3 heterocycles. The molecule has 0 spiro atoms. The number of carbonyl (C=O) groups is 1. The van der Waals surface area contributed by atoms with Gasteiger partial charge in [-0.05, 0) is 57.0 Å². The van der Waals surface area contributed by atoms with Crippen LogP contribution < -0.4 is 4.74 Å². The molecule has 1 saturated carbocycles. The number of aromatic nitrogens is 3. The van der Waals surface area contributed by atoms with Crippen LogP contribution in [-0.4, -0.2) is 63.1 Å². The minimum Gasteiger partial charge on any atom is -0.497 e. The van der Waals surface area contributed by atoms with Crippen LogP contribution in [0.25, 0.3) is 16.9 Å². The van der Waals surface area contributed by atoms with Crippen molar-refractivity contribution in [3.05, 3.63) is 82.4 Å². The van der Waals surface area contributed by atoms with E-state index in [9.17, 15) is 31.1 Å². The zero-order valence-electron chi connectivity index (χ0n) is 23.5. The summed E-state index contributed by atoms with van der Waals surface area (Å²) in [5, 5.41) is 3.92. The van der Waals surface area contributed by atoms with E-state index in [2.05, 4.69) is 10.1 Å². The predicted molar refractivity (Wildman–Crippen MR) is 144 cm³/mol. The van der Waals surface area contributed by atoms with Crippen molar-refractivity contribution in [2.75, 3.05) is 26.7 Å². The zero-order valence-corrected chi connectivity index (χ0v) is 23.5. The molecule has 7 nitrogen and oxygen atoms in total. The molecule has 1 aliphatic carbocycles. The topological polar surface area (TPSA) is 63.0 Å². The number of amides is 1. The minimum atomic E-state index is -4.79. The molecule has 4 aromatic rings. The van der Waals surface area contributed by atoms with E-state index in [4.69, 9.17) is 4.74 Å². The highest BCUT2D eigenvalue weighted by Gasteiger charge is 2.53. The van der Waals surface area contributed by atoms with Gasteiger partial charge in [0, 0.05) is 54.0 Å². The molecular formula is C30H27F6N5O2. The first-order valence-corrected chi connectivity index (χ1v) is 13.7. The van der Waals surface area contributed by atoms with E-state index in [1.807, 2.05) is 4.90 Å². The summed E-state index contributed by atoms with van der Waals surface area (Å²) >= 11 is 0. The number of benzene rings is 2. The van der Waals surface area contributed by atoms with Crippen LogP contribution in [0.15, 0.2) is 42.6 Å². The fourth-order valence-corrected chi connectivity index (χ4v) is 6.16. The van der Waals surface area contributed by atoms with Crippen molar-refractivity contribution in [2.45, 2.75) is 44.4 Å². The molecular weight excluding hydrogens is 576 g/mol. The van der Waals surface area contributed by atoms with Crippen LogP contribution in [0.4, 0.5) is 26.3 Å². The van der Waals surface area contributed by atoms with Gasteiger partial charge in [0.25, 0.3) is 5.91 Å². The van der Waals surface area contributed by atoms with Gasteiger partial charge in [0.15, 0.2) is 23.0 Å². The number of rotatable bonds is 5. The second kappa shape index (κ2) is 10.2. The van der Waals surface area contributed by atoms with Crippen molar-refractivity contribution >= 4 is 11.6 Å². The van der Waals surface area contributed by atoms with Crippen LogP contribution in [-0.2, 0) is 11.7 Å². The summed E-state index contributed by atoms with van der Waals surface area (Å²) in [5.41, 5.74) is -2.00. The number of carbonyl (C=O) groups excluding carboxylic acids is 1. The largest absolute Gasteiger partial charge is 0.497 e. The van der Waals surface area contributed by atoms with Gasteiger partial charge in [-0.3, -0.25) is 9.69 Å². The highest BCUT2D eigenvalue weighted by molar-refractivity contribution is 6.00. The van der Waals surface area contributed by atoms with Crippen molar-refractivity contribution in [1.29, 1.82) is 0 Å². The summed E-state index contributed by atoms with van der Waals surface area (Å²) in [5.74, 6) is -3.26. The molecule has 2 fully saturated rings. The van der Waals surface area contributed by atoms with Crippen molar-refractivity contribution in [3.8, 4) is 17.0 Å². The lowest BCUT2D eigenvalue weighted by Crippen LogP contribution is -2.56. The minimum absolute atomic E-state index is 0.0509. The van der Waals surface area contributed by atoms with E-state index in [1.165, 1.54) is 18.9 Å². The Labute approximate surface area is 242 Å². The van der Waals surface area contributed by atoms with E-state index >= 15 is 0 Å². The summed E-state index contributed by atoms with van der Waals surface area (Å²) in [7, 11) is 1.47. The van der Waals surface area contributed by atoms with Gasteiger partial charge in [0.2, 0.25) is 0 Å². The molecule has 0 unspecified atom stereocenters. The maximum absolute atomic E-state index is 14.7. The Kier molecular flexibility index (Phi) is 6.90. The standard InChI is InChI=1S/C30H27F6N5O2/c1-16-15-39(29(8-9-29)22-12-19(31)13-23(32)24(22)33)10-11-40(16)28(42)21-14-37-41-26(30(34,35)36)17(2)25(38-27(21)41)18-4-6-20(43-3)7-5-18/h4-7,12-14,16H,8-11,15H2,1-3H3/t16-/m1/s1. The van der Waals surface area contributed by atoms with Crippen LogP contribution in [0.2, 0.25) is 0 Å². The van der Waals surface area contributed by atoms with E-state index in [-0.39, 0.29) is 47.7 Å². The van der Waals surface area contributed by atoms with Gasteiger partial charge < -0.3 is 9.64 Å². The van der Waals surface area contributed by atoms with Gasteiger partial charge >= 0.3 is 6.18 Å². The summed E-state index contributed by atoms with van der Waals surface area (Å²) in [6, 6.07) is 7.45. The third kappa shape index (κ3) is 4.79. The number of nitrogens with zero attached hydrogens (tertiary/aromatic N) is 5. The van der Waals surface area contributed by atoms with Crippen LogP contribution >= 0.6 is 0 Å². The Balaban J connectivity index is 1.33. The predicted octanol–water partition coefficient (Wildman–Crippen LogP) is 5.99. The Morgan fingerprint density at radius 3 is 2.37 bits per heavy atom. The fourth-order valence-electron chi connectivity index (χ4n) is 6.16. The SMILES string of the molecule is COc1ccc(-c2nc3c(C(=O)N4CCN(C5(c6cc(F)cc(F)c6F)CC5)C[C@H]4C)cnn3c(C(F)(F)F)c2C)cc1. The maximum atomic E-state index is 14.7. The maximum Gasteiger partial charge on any atom is 0.433 e. The Bertz CT molecular complexity index is 1730. The molecule has 0 N–H and O–H groups in total. The molecule has 1 amide bonds. The van der Waals surface area contributed by atoms with Gasteiger partial charge in [-0.25, -0.2) is 22.7 Å². The number of piperazine rings is 1. The second-order valence-electron chi connectivity index (χ2n) is 11.0. The summed E-state index contributed by atoms with van der Waals surface area (Å²) in [6.45, 7) is 3.75. The zero-order chi connectivity index (χ0) is 30.8. The molecule has 2 aromatic heterocycles. The van der Waals surface area contributed by atoms with Crippen molar-refractivity contribution in [2.24, 2.45) is 0 Å². The smallest absolute Gasteiger partial charge is 0.433 e. The average Bonchev–Trinajstić information content (AvgIpc) is 3.67. The number of halogens is 6. The lowest BCUT2D eigenvalue weighted by atomic mass is 9.99. The van der Waals surface area contributed by atoms with E-state index in [1.54, 1.807) is 31.2 Å². The molecule has 2 aromatic carbocycles. The average molecular weight is 604 g/mol. The van der Waals surface area contributed by atoms with Crippen molar-refractivity contribution < 1.29 is 35.9 Å². The third-order valence-corrected chi connectivity index (χ3v) is 8.46.